The number of rotatable bonds is 0. The highest BCUT2D eigenvalue weighted by Crippen LogP contribution is 2.29. The Labute approximate surface area is 76.7 Å². The smallest absolute Gasteiger partial charge is 0.223 e. The van der Waals surface area contributed by atoms with Crippen molar-refractivity contribution in [1.29, 1.82) is 0 Å². The Hall–Kier alpha value is -0.590. The minimum absolute atomic E-state index is 0.0572. The van der Waals surface area contributed by atoms with E-state index in [0.29, 0.717) is 9.50 Å². The number of halogens is 3. The van der Waals surface area contributed by atoms with Gasteiger partial charge in [-0.15, -0.1) is 0 Å². The van der Waals surface area contributed by atoms with E-state index in [1.807, 2.05) is 0 Å². The average molecular weight is 234 g/mol. The van der Waals surface area contributed by atoms with Gasteiger partial charge in [-0.3, -0.25) is 0 Å². The van der Waals surface area contributed by atoms with Crippen molar-refractivity contribution in [2.45, 2.75) is 0 Å². The fourth-order valence-electron chi connectivity index (χ4n) is 0.598. The van der Waals surface area contributed by atoms with Gasteiger partial charge in [0.05, 0.1) is 6.57 Å². The molecule has 0 amide bonds. The topological polar surface area (TPSA) is 4.36 Å². The van der Waals surface area contributed by atoms with Crippen LogP contribution >= 0.6 is 27.5 Å². The van der Waals surface area contributed by atoms with E-state index in [1.54, 1.807) is 0 Å². The van der Waals surface area contributed by atoms with Gasteiger partial charge in [0.2, 0.25) is 5.69 Å². The van der Waals surface area contributed by atoms with Crippen LogP contribution in [0.25, 0.3) is 4.85 Å². The van der Waals surface area contributed by atoms with E-state index in [4.69, 9.17) is 18.2 Å². The van der Waals surface area contributed by atoms with Gasteiger partial charge in [0.25, 0.3) is 0 Å². The Morgan fingerprint density at radius 3 is 2.73 bits per heavy atom. The van der Waals surface area contributed by atoms with Crippen LogP contribution in [0, 0.1) is 12.4 Å². The molecule has 0 N–H and O–H groups in total. The minimum atomic E-state index is -0.559. The molecule has 4 heteroatoms. The molecule has 56 valence electrons. The molecular formula is C7H2BrClFN. The van der Waals surface area contributed by atoms with Crippen molar-refractivity contribution in [3.63, 3.8) is 0 Å². The average Bonchev–Trinajstić information content (AvgIpc) is 1.97. The second kappa shape index (κ2) is 3.21. The molecule has 0 aliphatic heterocycles. The van der Waals surface area contributed by atoms with Gasteiger partial charge in [-0.05, 0) is 28.1 Å². The summed E-state index contributed by atoms with van der Waals surface area (Å²) in [7, 11) is 0. The standard InChI is InChI=1S/C7H2BrClFN/c1-11-7-3-5(9)4(8)2-6(7)10/h2-3H. The first-order valence-electron chi connectivity index (χ1n) is 2.67. The molecule has 0 aromatic heterocycles. The molecule has 11 heavy (non-hydrogen) atoms. The Morgan fingerprint density at radius 2 is 2.18 bits per heavy atom. The van der Waals surface area contributed by atoms with Crippen molar-refractivity contribution in [2.75, 3.05) is 0 Å². The van der Waals surface area contributed by atoms with Gasteiger partial charge < -0.3 is 0 Å². The van der Waals surface area contributed by atoms with Crippen LogP contribution in [0.15, 0.2) is 16.6 Å². The quantitative estimate of drug-likeness (QED) is 0.475. The minimum Gasteiger partial charge on any atom is -0.235 e. The van der Waals surface area contributed by atoms with Crippen molar-refractivity contribution in [3.8, 4) is 0 Å². The third-order valence-electron chi connectivity index (χ3n) is 1.11. The zero-order chi connectivity index (χ0) is 8.43. The highest BCUT2D eigenvalue weighted by atomic mass is 79.9. The first-order valence-corrected chi connectivity index (χ1v) is 3.84. The monoisotopic (exact) mass is 233 g/mol. The van der Waals surface area contributed by atoms with Crippen LogP contribution in [-0.2, 0) is 0 Å². The lowest BCUT2D eigenvalue weighted by molar-refractivity contribution is 0.633. The van der Waals surface area contributed by atoms with Crippen LogP contribution in [0.2, 0.25) is 5.02 Å². The van der Waals surface area contributed by atoms with Gasteiger partial charge in [0, 0.05) is 9.50 Å². The predicted molar refractivity (Wildman–Crippen MR) is 45.4 cm³/mol. The largest absolute Gasteiger partial charge is 0.235 e. The summed E-state index contributed by atoms with van der Waals surface area (Å²) in [5, 5.41) is 0.345. The van der Waals surface area contributed by atoms with Crippen LogP contribution in [0.4, 0.5) is 10.1 Å². The molecule has 0 saturated heterocycles. The van der Waals surface area contributed by atoms with E-state index in [9.17, 15) is 4.39 Å². The molecule has 1 aromatic carbocycles. The normalized spacial score (nSPS) is 9.27. The molecule has 0 fully saturated rings. The molecule has 1 nitrogen and oxygen atoms in total. The highest BCUT2D eigenvalue weighted by Gasteiger charge is 2.05. The van der Waals surface area contributed by atoms with Crippen LogP contribution < -0.4 is 0 Å². The van der Waals surface area contributed by atoms with Crippen molar-refractivity contribution < 1.29 is 4.39 Å². The molecule has 0 aliphatic rings. The lowest BCUT2D eigenvalue weighted by Gasteiger charge is -1.96. The first kappa shape index (κ1) is 8.51. The van der Waals surface area contributed by atoms with Gasteiger partial charge in [0.15, 0.2) is 0 Å². The number of hydrogen-bond acceptors (Lipinski definition) is 0. The maximum atomic E-state index is 12.7. The summed E-state index contributed by atoms with van der Waals surface area (Å²) >= 11 is 8.64. The van der Waals surface area contributed by atoms with Crippen LogP contribution in [0.1, 0.15) is 0 Å². The molecule has 0 heterocycles. The predicted octanol–water partition coefficient (Wildman–Crippen LogP) is 3.79. The summed E-state index contributed by atoms with van der Waals surface area (Å²) in [6.07, 6.45) is 0. The summed E-state index contributed by atoms with van der Waals surface area (Å²) in [4.78, 5) is 2.94. The lowest BCUT2D eigenvalue weighted by atomic mass is 10.3. The third kappa shape index (κ3) is 1.70. The van der Waals surface area contributed by atoms with Gasteiger partial charge >= 0.3 is 0 Å². The van der Waals surface area contributed by atoms with Gasteiger partial charge in [-0.25, -0.2) is 9.24 Å². The summed E-state index contributed by atoms with van der Waals surface area (Å²) in [5.41, 5.74) is -0.0572. The Kier molecular flexibility index (Phi) is 2.48. The fourth-order valence-corrected chi connectivity index (χ4v) is 1.07. The molecule has 0 unspecified atom stereocenters. The number of hydrogen-bond donors (Lipinski definition) is 0. The Bertz CT molecular complexity index is 332. The van der Waals surface area contributed by atoms with E-state index >= 15 is 0 Å². The molecule has 0 spiro atoms. The second-order valence-electron chi connectivity index (χ2n) is 1.83. The van der Waals surface area contributed by atoms with Gasteiger partial charge in [0.1, 0.15) is 5.82 Å². The molecule has 0 radical (unpaired) electrons. The SMILES string of the molecule is [C-]#[N+]c1cc(Cl)c(Br)cc1F. The molecule has 0 saturated carbocycles. The second-order valence-corrected chi connectivity index (χ2v) is 3.09. The number of benzene rings is 1. The summed E-state index contributed by atoms with van der Waals surface area (Å²) in [6.45, 7) is 6.56. The summed E-state index contributed by atoms with van der Waals surface area (Å²) in [5.74, 6) is -0.559. The Balaban J connectivity index is 3.35. The maximum Gasteiger partial charge on any atom is 0.223 e. The highest BCUT2D eigenvalue weighted by molar-refractivity contribution is 9.10. The van der Waals surface area contributed by atoms with E-state index in [1.165, 1.54) is 12.1 Å². The van der Waals surface area contributed by atoms with Crippen molar-refractivity contribution in [2.24, 2.45) is 0 Å². The number of nitrogens with zero attached hydrogens (tertiary/aromatic N) is 1. The summed E-state index contributed by atoms with van der Waals surface area (Å²) < 4.78 is 13.2. The van der Waals surface area contributed by atoms with E-state index < -0.39 is 5.82 Å². The van der Waals surface area contributed by atoms with Crippen molar-refractivity contribution in [3.05, 3.63) is 38.9 Å². The lowest BCUT2D eigenvalue weighted by Crippen LogP contribution is -1.75. The van der Waals surface area contributed by atoms with E-state index in [2.05, 4.69) is 20.8 Å². The first-order chi connectivity index (χ1) is 5.15. The third-order valence-corrected chi connectivity index (χ3v) is 2.31. The van der Waals surface area contributed by atoms with E-state index in [0.717, 1.165) is 0 Å². The van der Waals surface area contributed by atoms with E-state index in [-0.39, 0.29) is 5.69 Å². The maximum absolute atomic E-state index is 12.7. The zero-order valence-corrected chi connectivity index (χ0v) is 7.58. The van der Waals surface area contributed by atoms with Crippen molar-refractivity contribution in [1.82, 2.24) is 0 Å². The summed E-state index contributed by atoms with van der Waals surface area (Å²) in [6, 6.07) is 2.46. The van der Waals surface area contributed by atoms with Crippen LogP contribution in [-0.4, -0.2) is 0 Å². The van der Waals surface area contributed by atoms with Gasteiger partial charge in [-0.2, -0.15) is 0 Å². The fraction of sp³-hybridized carbons (Fsp3) is 0. The van der Waals surface area contributed by atoms with Crippen molar-refractivity contribution >= 4 is 33.2 Å². The van der Waals surface area contributed by atoms with Gasteiger partial charge in [-0.1, -0.05) is 11.6 Å². The molecule has 0 bridgehead atoms. The molecule has 1 aromatic rings. The Morgan fingerprint density at radius 1 is 1.55 bits per heavy atom. The molecule has 0 atom stereocenters. The molecular weight excluding hydrogens is 232 g/mol. The van der Waals surface area contributed by atoms with Crippen LogP contribution in [0.5, 0.6) is 0 Å². The zero-order valence-electron chi connectivity index (χ0n) is 5.24. The van der Waals surface area contributed by atoms with Crippen LogP contribution in [0.3, 0.4) is 0 Å². The molecule has 1 rings (SSSR count). The molecule has 0 aliphatic carbocycles.